The number of carbonyl (C=O) groups excluding carboxylic acids is 3. The van der Waals surface area contributed by atoms with E-state index in [0.29, 0.717) is 5.69 Å². The summed E-state index contributed by atoms with van der Waals surface area (Å²) in [7, 11) is 0. The van der Waals surface area contributed by atoms with Crippen molar-refractivity contribution in [3.8, 4) is 6.07 Å². The molecule has 2 heterocycles. The van der Waals surface area contributed by atoms with E-state index in [1.54, 1.807) is 34.6 Å². The molecule has 46 heavy (non-hydrogen) atoms. The summed E-state index contributed by atoms with van der Waals surface area (Å²) in [5, 5.41) is 14.2. The van der Waals surface area contributed by atoms with Gasteiger partial charge in [0.2, 0.25) is 0 Å². The van der Waals surface area contributed by atoms with E-state index >= 15 is 4.39 Å². The third kappa shape index (κ3) is 7.72. The summed E-state index contributed by atoms with van der Waals surface area (Å²) in [5.74, 6) is -2.05. The van der Waals surface area contributed by atoms with Gasteiger partial charge in [-0.15, -0.1) is 0 Å². The number of fused-ring (bicyclic) bond motifs is 1. The minimum absolute atomic E-state index is 0.0167. The minimum atomic E-state index is -1.06. The molecule has 244 valence electrons. The van der Waals surface area contributed by atoms with E-state index in [9.17, 15) is 24.0 Å². The highest BCUT2D eigenvalue weighted by atomic mass is 35.5. The number of anilines is 2. The second-order valence-electron chi connectivity index (χ2n) is 11.9. The Bertz CT molecular complexity index is 1860. The lowest BCUT2D eigenvalue weighted by atomic mass is 10.1. The van der Waals surface area contributed by atoms with Gasteiger partial charge in [-0.2, -0.15) is 5.26 Å². The summed E-state index contributed by atoms with van der Waals surface area (Å²) in [6, 6.07) is 7.23. The fraction of sp³-hybridized carbons (Fsp3) is 0.419. The molecule has 0 unspecified atom stereocenters. The fourth-order valence-electron chi connectivity index (χ4n) is 4.88. The first-order chi connectivity index (χ1) is 21.6. The molecule has 1 saturated heterocycles. The minimum Gasteiger partial charge on any atom is -0.460 e. The average Bonchev–Trinajstić information content (AvgIpc) is 2.97. The molecule has 4 rings (SSSR count). The molecule has 0 saturated carbocycles. The van der Waals surface area contributed by atoms with Gasteiger partial charge in [0.25, 0.3) is 11.5 Å². The molecule has 0 spiro atoms. The van der Waals surface area contributed by atoms with Gasteiger partial charge in [0.05, 0.1) is 46.7 Å². The Labute approximate surface area is 268 Å². The van der Waals surface area contributed by atoms with Crippen LogP contribution in [0.15, 0.2) is 39.9 Å². The number of nitrogens with zero attached hydrogens (tertiary/aromatic N) is 4. The normalized spacial score (nSPS) is 15.0. The summed E-state index contributed by atoms with van der Waals surface area (Å²) in [6.07, 6.45) is -1.31. The Balaban J connectivity index is 1.56. The number of aromatic nitrogens is 2. The number of amides is 3. The van der Waals surface area contributed by atoms with Gasteiger partial charge in [-0.25, -0.2) is 14.0 Å². The molecular weight excluding hydrogens is 623 g/mol. The number of hydrogen-bond donors (Lipinski definition) is 2. The number of ether oxygens (including phenoxy) is 2. The molecule has 3 aromatic rings. The second-order valence-corrected chi connectivity index (χ2v) is 12.3. The third-order valence-corrected chi connectivity index (χ3v) is 7.29. The maximum atomic E-state index is 15.4. The summed E-state index contributed by atoms with van der Waals surface area (Å²) >= 11 is 6.04. The maximum absolute atomic E-state index is 15.4. The van der Waals surface area contributed by atoms with Gasteiger partial charge in [-0.05, 0) is 58.9 Å². The van der Waals surface area contributed by atoms with Crippen molar-refractivity contribution in [2.75, 3.05) is 30.3 Å². The van der Waals surface area contributed by atoms with Crippen molar-refractivity contribution in [2.24, 2.45) is 0 Å². The van der Waals surface area contributed by atoms with Gasteiger partial charge in [0, 0.05) is 30.9 Å². The Kier molecular flexibility index (Phi) is 10.2. The van der Waals surface area contributed by atoms with Crippen molar-refractivity contribution in [3.63, 3.8) is 0 Å². The summed E-state index contributed by atoms with van der Waals surface area (Å²) in [6.45, 7) is 8.16. The van der Waals surface area contributed by atoms with Crippen LogP contribution in [0.4, 0.5) is 20.6 Å². The van der Waals surface area contributed by atoms with Gasteiger partial charge in [0.15, 0.2) is 6.10 Å². The monoisotopic (exact) mass is 656 g/mol. The van der Waals surface area contributed by atoms with E-state index in [0.717, 1.165) is 16.7 Å². The Morgan fingerprint density at radius 2 is 1.89 bits per heavy atom. The average molecular weight is 657 g/mol. The molecule has 0 bridgehead atoms. The van der Waals surface area contributed by atoms with Gasteiger partial charge < -0.3 is 25.0 Å². The Hall–Kier alpha value is -4.74. The Morgan fingerprint density at radius 3 is 2.52 bits per heavy atom. The van der Waals surface area contributed by atoms with Crippen LogP contribution in [0, 0.1) is 17.1 Å². The second kappa shape index (κ2) is 13.7. The quantitative estimate of drug-likeness (QED) is 0.360. The molecule has 1 fully saturated rings. The predicted molar refractivity (Wildman–Crippen MR) is 168 cm³/mol. The highest BCUT2D eigenvalue weighted by molar-refractivity contribution is 6.32. The van der Waals surface area contributed by atoms with Gasteiger partial charge in [-0.3, -0.25) is 23.5 Å². The first-order valence-electron chi connectivity index (χ1n) is 14.5. The van der Waals surface area contributed by atoms with Crippen LogP contribution in [0.3, 0.4) is 0 Å². The zero-order valence-corrected chi connectivity index (χ0v) is 26.7. The van der Waals surface area contributed by atoms with E-state index in [2.05, 4.69) is 10.6 Å². The maximum Gasteiger partial charge on any atom is 0.331 e. The number of halogens is 2. The van der Waals surface area contributed by atoms with Crippen molar-refractivity contribution < 1.29 is 28.2 Å². The molecule has 13 nitrogen and oxygen atoms in total. The Morgan fingerprint density at radius 1 is 1.17 bits per heavy atom. The van der Waals surface area contributed by atoms with E-state index in [-0.39, 0.29) is 59.8 Å². The zero-order valence-electron chi connectivity index (χ0n) is 26.0. The molecule has 2 aromatic carbocycles. The highest BCUT2D eigenvalue weighted by Gasteiger charge is 2.30. The topological polar surface area (TPSA) is 165 Å². The van der Waals surface area contributed by atoms with Crippen molar-refractivity contribution in [1.29, 1.82) is 5.26 Å². The van der Waals surface area contributed by atoms with Crippen LogP contribution in [-0.4, -0.2) is 63.3 Å². The summed E-state index contributed by atoms with van der Waals surface area (Å²) in [5.41, 5.74) is -1.95. The van der Waals surface area contributed by atoms with Crippen LogP contribution in [0.1, 0.15) is 52.6 Å². The van der Waals surface area contributed by atoms with Crippen LogP contribution in [0.2, 0.25) is 5.02 Å². The summed E-state index contributed by atoms with van der Waals surface area (Å²) < 4.78 is 28.3. The molecule has 15 heteroatoms. The SMILES string of the molecule is CC(C)n1c(=O)n(CCC(=O)OC(C)(C)C)c(=O)c2cc(NC(=O)N3CCO[C@@H](C(=O)Nc4ccc(C#N)c(Cl)c4)C3)c(F)cc21. The smallest absolute Gasteiger partial charge is 0.331 e. The van der Waals surface area contributed by atoms with Crippen molar-refractivity contribution in [1.82, 2.24) is 14.0 Å². The van der Waals surface area contributed by atoms with Crippen LogP contribution in [-0.2, 0) is 25.6 Å². The third-order valence-electron chi connectivity index (χ3n) is 6.98. The number of esters is 1. The molecule has 1 aliphatic rings. The van der Waals surface area contributed by atoms with Crippen molar-refractivity contribution in [2.45, 2.75) is 65.3 Å². The fourth-order valence-corrected chi connectivity index (χ4v) is 5.10. The number of morpholine rings is 1. The molecule has 0 aliphatic carbocycles. The van der Waals surface area contributed by atoms with E-state index in [4.69, 9.17) is 26.3 Å². The number of benzene rings is 2. The first-order valence-corrected chi connectivity index (χ1v) is 14.9. The van der Waals surface area contributed by atoms with E-state index in [1.807, 2.05) is 6.07 Å². The molecular formula is C31H34ClFN6O7. The number of nitriles is 1. The lowest BCUT2D eigenvalue weighted by molar-refractivity contribution is -0.155. The standard InChI is InChI=1S/C31H34ClFN6O7/c1-17(2)39-24-14-22(33)23(13-20(24)28(42)38(30(39)44)9-8-26(40)46-31(3,4)5)36-29(43)37-10-11-45-25(16-37)27(41)35-19-7-6-18(15-34)21(32)12-19/h6-7,12-14,17,25H,8-11,16H2,1-5H3,(H,35,41)(H,36,43)/t25-/m1/s1. The summed E-state index contributed by atoms with van der Waals surface area (Å²) in [4.78, 5) is 66.4. The van der Waals surface area contributed by atoms with Gasteiger partial charge >= 0.3 is 17.7 Å². The molecule has 1 aromatic heterocycles. The van der Waals surface area contributed by atoms with Crippen molar-refractivity contribution in [3.05, 3.63) is 67.6 Å². The zero-order chi connectivity index (χ0) is 33.9. The van der Waals surface area contributed by atoms with Crippen LogP contribution >= 0.6 is 11.6 Å². The number of urea groups is 1. The van der Waals surface area contributed by atoms with Gasteiger partial charge in [-0.1, -0.05) is 11.6 Å². The predicted octanol–water partition coefficient (Wildman–Crippen LogP) is 4.01. The molecule has 1 aliphatic heterocycles. The lowest BCUT2D eigenvalue weighted by Gasteiger charge is -2.32. The first kappa shape index (κ1) is 34.1. The number of nitrogens with one attached hydrogen (secondary N) is 2. The molecule has 0 radical (unpaired) electrons. The van der Waals surface area contributed by atoms with E-state index in [1.165, 1.54) is 27.7 Å². The molecule has 1 atom stereocenters. The van der Waals surface area contributed by atoms with Crippen LogP contribution < -0.4 is 21.9 Å². The number of carbonyl (C=O) groups is 3. The number of hydrogen-bond acceptors (Lipinski definition) is 8. The number of rotatable bonds is 7. The molecule has 3 amide bonds. The highest BCUT2D eigenvalue weighted by Crippen LogP contribution is 2.24. The molecule has 2 N–H and O–H groups in total. The van der Waals surface area contributed by atoms with Gasteiger partial charge in [0.1, 0.15) is 17.5 Å². The van der Waals surface area contributed by atoms with Crippen molar-refractivity contribution >= 4 is 51.8 Å². The van der Waals surface area contributed by atoms with Crippen LogP contribution in [0.25, 0.3) is 10.9 Å². The lowest BCUT2D eigenvalue weighted by Crippen LogP contribution is -2.51. The van der Waals surface area contributed by atoms with Crippen LogP contribution in [0.5, 0.6) is 0 Å². The van der Waals surface area contributed by atoms with E-state index < -0.39 is 52.7 Å². The largest absolute Gasteiger partial charge is 0.460 e.